The fraction of sp³-hybridized carbons (Fsp3) is 0.467. The zero-order valence-corrected chi connectivity index (χ0v) is 12.2. The summed E-state index contributed by atoms with van der Waals surface area (Å²) in [6.45, 7) is 7.48. The number of fused-ring (bicyclic) bond motifs is 1. The van der Waals surface area contributed by atoms with Crippen LogP contribution in [0, 0.1) is 13.8 Å². The van der Waals surface area contributed by atoms with E-state index >= 15 is 0 Å². The first-order chi connectivity index (χ1) is 9.56. The highest BCUT2D eigenvalue weighted by atomic mass is 16.2. The molecule has 1 saturated heterocycles. The third-order valence-corrected chi connectivity index (χ3v) is 4.17. The average Bonchev–Trinajstić information content (AvgIpc) is 2.88. The molecule has 0 atom stereocenters. The zero-order valence-electron chi connectivity index (χ0n) is 12.2. The molecule has 0 radical (unpaired) electrons. The Kier molecular flexibility index (Phi) is 3.22. The van der Waals surface area contributed by atoms with Crippen LogP contribution in [0.15, 0.2) is 12.1 Å². The van der Waals surface area contributed by atoms with E-state index in [-0.39, 0.29) is 5.91 Å². The van der Waals surface area contributed by atoms with Crippen molar-refractivity contribution in [3.63, 3.8) is 0 Å². The Balaban J connectivity index is 1.90. The van der Waals surface area contributed by atoms with Crippen LogP contribution in [0.3, 0.4) is 0 Å². The number of imidazole rings is 1. The number of carbonyl (C=O) groups is 1. The lowest BCUT2D eigenvalue weighted by Crippen LogP contribution is -2.47. The maximum absolute atomic E-state index is 12.5. The maximum atomic E-state index is 12.5. The van der Waals surface area contributed by atoms with E-state index < -0.39 is 0 Å². The number of hydrogen-bond donors (Lipinski definition) is 1. The van der Waals surface area contributed by atoms with Crippen molar-refractivity contribution in [2.45, 2.75) is 13.8 Å². The summed E-state index contributed by atoms with van der Waals surface area (Å²) in [5.41, 5.74) is 4.17. The van der Waals surface area contributed by atoms with E-state index in [1.807, 2.05) is 17.9 Å². The molecule has 2 aromatic rings. The molecule has 0 unspecified atom stereocenters. The third kappa shape index (κ3) is 2.18. The molecule has 0 aliphatic carbocycles. The van der Waals surface area contributed by atoms with Gasteiger partial charge in [-0.3, -0.25) is 4.79 Å². The second-order valence-electron chi connectivity index (χ2n) is 5.58. The minimum absolute atomic E-state index is 0.00588. The number of hydrogen-bond acceptors (Lipinski definition) is 3. The Bertz CT molecular complexity index is 653. The SMILES string of the molecule is Cc1ccc2[nH]c(C(=O)N3CCN(C)CC3)nc2c1C. The molecular weight excluding hydrogens is 252 g/mol. The van der Waals surface area contributed by atoms with Gasteiger partial charge in [0.25, 0.3) is 5.91 Å². The summed E-state index contributed by atoms with van der Waals surface area (Å²) in [5, 5.41) is 0. The number of piperazine rings is 1. The second-order valence-corrected chi connectivity index (χ2v) is 5.58. The van der Waals surface area contributed by atoms with Crippen molar-refractivity contribution in [1.82, 2.24) is 19.8 Å². The molecular formula is C15H20N4O. The first-order valence-corrected chi connectivity index (χ1v) is 7.00. The van der Waals surface area contributed by atoms with Crippen molar-refractivity contribution in [2.75, 3.05) is 33.2 Å². The number of amides is 1. The van der Waals surface area contributed by atoms with Crippen molar-refractivity contribution in [3.05, 3.63) is 29.1 Å². The van der Waals surface area contributed by atoms with Crippen LogP contribution >= 0.6 is 0 Å². The van der Waals surface area contributed by atoms with Crippen LogP contribution in [-0.2, 0) is 0 Å². The van der Waals surface area contributed by atoms with E-state index in [2.05, 4.69) is 34.9 Å². The van der Waals surface area contributed by atoms with Gasteiger partial charge >= 0.3 is 0 Å². The van der Waals surface area contributed by atoms with Crippen molar-refractivity contribution >= 4 is 16.9 Å². The molecule has 1 aliphatic heterocycles. The van der Waals surface area contributed by atoms with Gasteiger partial charge < -0.3 is 14.8 Å². The van der Waals surface area contributed by atoms with E-state index in [4.69, 9.17) is 0 Å². The molecule has 20 heavy (non-hydrogen) atoms. The molecule has 1 amide bonds. The number of nitrogens with one attached hydrogen (secondary N) is 1. The topological polar surface area (TPSA) is 52.2 Å². The minimum atomic E-state index is 0.00588. The molecule has 2 heterocycles. The zero-order chi connectivity index (χ0) is 14.3. The van der Waals surface area contributed by atoms with Crippen LogP contribution in [0.2, 0.25) is 0 Å². The van der Waals surface area contributed by atoms with Gasteiger partial charge in [-0.1, -0.05) is 6.07 Å². The van der Waals surface area contributed by atoms with Crippen molar-refractivity contribution < 1.29 is 4.79 Å². The number of aryl methyl sites for hydroxylation is 2. The molecule has 3 rings (SSSR count). The van der Waals surface area contributed by atoms with Gasteiger partial charge in [-0.25, -0.2) is 4.98 Å². The van der Waals surface area contributed by atoms with Crippen molar-refractivity contribution in [1.29, 1.82) is 0 Å². The Morgan fingerprint density at radius 2 is 1.90 bits per heavy atom. The maximum Gasteiger partial charge on any atom is 0.289 e. The summed E-state index contributed by atoms with van der Waals surface area (Å²) in [4.78, 5) is 24.3. The largest absolute Gasteiger partial charge is 0.334 e. The fourth-order valence-electron chi connectivity index (χ4n) is 2.57. The number of H-pyrrole nitrogens is 1. The lowest BCUT2D eigenvalue weighted by atomic mass is 10.1. The number of aromatic nitrogens is 2. The molecule has 0 spiro atoms. The van der Waals surface area contributed by atoms with Gasteiger partial charge in [0.15, 0.2) is 5.82 Å². The second kappa shape index (κ2) is 4.90. The fourth-order valence-corrected chi connectivity index (χ4v) is 2.57. The van der Waals surface area contributed by atoms with Crippen LogP contribution in [0.25, 0.3) is 11.0 Å². The monoisotopic (exact) mass is 272 g/mol. The van der Waals surface area contributed by atoms with Crippen LogP contribution in [-0.4, -0.2) is 58.9 Å². The van der Waals surface area contributed by atoms with Crippen LogP contribution < -0.4 is 0 Å². The van der Waals surface area contributed by atoms with Gasteiger partial charge in [0, 0.05) is 26.2 Å². The number of benzene rings is 1. The molecule has 5 heteroatoms. The van der Waals surface area contributed by atoms with E-state index in [9.17, 15) is 4.79 Å². The average molecular weight is 272 g/mol. The lowest BCUT2D eigenvalue weighted by Gasteiger charge is -2.31. The Labute approximate surface area is 118 Å². The van der Waals surface area contributed by atoms with Crippen molar-refractivity contribution in [3.8, 4) is 0 Å². The summed E-state index contributed by atoms with van der Waals surface area (Å²) in [7, 11) is 2.08. The molecule has 1 fully saturated rings. The van der Waals surface area contributed by atoms with Gasteiger partial charge in [-0.05, 0) is 38.1 Å². The van der Waals surface area contributed by atoms with E-state index in [0.717, 1.165) is 42.8 Å². The summed E-state index contributed by atoms with van der Waals surface area (Å²) >= 11 is 0. The van der Waals surface area contributed by atoms with Gasteiger partial charge in [0.2, 0.25) is 0 Å². The highest BCUT2D eigenvalue weighted by molar-refractivity contribution is 5.95. The third-order valence-electron chi connectivity index (χ3n) is 4.17. The molecule has 5 nitrogen and oxygen atoms in total. The predicted molar refractivity (Wildman–Crippen MR) is 79.0 cm³/mol. The van der Waals surface area contributed by atoms with Crippen LogP contribution in [0.1, 0.15) is 21.7 Å². The van der Waals surface area contributed by atoms with Crippen LogP contribution in [0.5, 0.6) is 0 Å². The number of aromatic amines is 1. The Hall–Kier alpha value is -1.88. The van der Waals surface area contributed by atoms with Gasteiger partial charge in [-0.2, -0.15) is 0 Å². The van der Waals surface area contributed by atoms with E-state index in [1.54, 1.807) is 0 Å². The predicted octanol–water partition coefficient (Wildman–Crippen LogP) is 1.57. The van der Waals surface area contributed by atoms with E-state index in [1.165, 1.54) is 5.56 Å². The first-order valence-electron chi connectivity index (χ1n) is 7.00. The molecule has 1 aromatic heterocycles. The van der Waals surface area contributed by atoms with Crippen LogP contribution in [0.4, 0.5) is 0 Å². The highest BCUT2D eigenvalue weighted by Crippen LogP contribution is 2.20. The number of nitrogens with zero attached hydrogens (tertiary/aromatic N) is 3. The standard InChI is InChI=1S/C15H20N4O/c1-10-4-5-12-13(11(10)2)17-14(16-12)15(20)19-8-6-18(3)7-9-19/h4-5H,6-9H2,1-3H3,(H,16,17). The first kappa shape index (κ1) is 13.1. The smallest absolute Gasteiger partial charge is 0.289 e. The summed E-state index contributed by atoms with van der Waals surface area (Å²) in [6.07, 6.45) is 0. The number of rotatable bonds is 1. The summed E-state index contributed by atoms with van der Waals surface area (Å²) < 4.78 is 0. The molecule has 0 bridgehead atoms. The lowest BCUT2D eigenvalue weighted by molar-refractivity contribution is 0.0653. The van der Waals surface area contributed by atoms with E-state index in [0.29, 0.717) is 5.82 Å². The summed E-state index contributed by atoms with van der Waals surface area (Å²) in [6, 6.07) is 4.05. The summed E-state index contributed by atoms with van der Waals surface area (Å²) in [5.74, 6) is 0.463. The number of likely N-dealkylation sites (N-methyl/N-ethyl adjacent to an activating group) is 1. The Morgan fingerprint density at radius 1 is 1.20 bits per heavy atom. The van der Waals surface area contributed by atoms with Crippen molar-refractivity contribution in [2.24, 2.45) is 0 Å². The normalized spacial score (nSPS) is 16.9. The highest BCUT2D eigenvalue weighted by Gasteiger charge is 2.23. The van der Waals surface area contributed by atoms with Gasteiger partial charge in [-0.15, -0.1) is 0 Å². The molecule has 0 saturated carbocycles. The van der Waals surface area contributed by atoms with Gasteiger partial charge in [0.1, 0.15) is 0 Å². The quantitative estimate of drug-likeness (QED) is 0.857. The minimum Gasteiger partial charge on any atom is -0.334 e. The number of carbonyl (C=O) groups excluding carboxylic acids is 1. The Morgan fingerprint density at radius 3 is 2.60 bits per heavy atom. The molecule has 1 aliphatic rings. The van der Waals surface area contributed by atoms with Gasteiger partial charge in [0.05, 0.1) is 11.0 Å². The molecule has 106 valence electrons. The molecule has 1 N–H and O–H groups in total. The molecule has 1 aromatic carbocycles.